The van der Waals surface area contributed by atoms with E-state index in [0.717, 1.165) is 13.0 Å². The second-order valence-corrected chi connectivity index (χ2v) is 6.21. The molecule has 1 aliphatic carbocycles. The Balaban J connectivity index is 2.01. The van der Waals surface area contributed by atoms with Gasteiger partial charge in [-0.15, -0.1) is 0 Å². The second kappa shape index (κ2) is 4.97. The fraction of sp³-hybridized carbons (Fsp3) is 0.929. The van der Waals surface area contributed by atoms with E-state index in [-0.39, 0.29) is 11.6 Å². The molecule has 0 radical (unpaired) electrons. The summed E-state index contributed by atoms with van der Waals surface area (Å²) in [5, 5.41) is 3.39. The highest BCUT2D eigenvalue weighted by molar-refractivity contribution is 5.84. The van der Waals surface area contributed by atoms with Gasteiger partial charge in [-0.1, -0.05) is 33.1 Å². The predicted molar refractivity (Wildman–Crippen MR) is 69.9 cm³/mol. The van der Waals surface area contributed by atoms with Crippen LogP contribution in [0.15, 0.2) is 0 Å². The Hall–Kier alpha value is -0.570. The summed E-state index contributed by atoms with van der Waals surface area (Å²) < 4.78 is 0. The number of nitrogens with zero attached hydrogens (tertiary/aromatic N) is 1. The Morgan fingerprint density at radius 2 is 1.94 bits per heavy atom. The van der Waals surface area contributed by atoms with E-state index >= 15 is 0 Å². The number of hydrogen-bond donors (Lipinski definition) is 1. The normalized spacial score (nSPS) is 29.1. The lowest BCUT2D eigenvalue weighted by Crippen LogP contribution is -2.51. The highest BCUT2D eigenvalue weighted by Crippen LogP contribution is 2.35. The first-order valence-electron chi connectivity index (χ1n) is 7.10. The molecular formula is C14H26N2O. The third-order valence-corrected chi connectivity index (χ3v) is 4.32. The van der Waals surface area contributed by atoms with Crippen LogP contribution in [-0.4, -0.2) is 35.0 Å². The number of hydrogen-bond acceptors (Lipinski definition) is 2. The van der Waals surface area contributed by atoms with Crippen molar-refractivity contribution >= 4 is 5.91 Å². The molecule has 2 fully saturated rings. The first-order chi connectivity index (χ1) is 8.03. The Morgan fingerprint density at radius 1 is 1.29 bits per heavy atom. The van der Waals surface area contributed by atoms with Gasteiger partial charge in [0.1, 0.15) is 0 Å². The number of rotatable bonds is 3. The molecule has 0 aromatic rings. The molecule has 1 aliphatic heterocycles. The second-order valence-electron chi connectivity index (χ2n) is 6.21. The van der Waals surface area contributed by atoms with Crippen molar-refractivity contribution in [3.63, 3.8) is 0 Å². The SMILES string of the molecule is CC(C)NC1CCN(C2(C)CCCCC2)C1=O. The van der Waals surface area contributed by atoms with Crippen LogP contribution in [0.25, 0.3) is 0 Å². The summed E-state index contributed by atoms with van der Waals surface area (Å²) in [6, 6.07) is 0.455. The van der Waals surface area contributed by atoms with Crippen molar-refractivity contribution in [2.75, 3.05) is 6.54 Å². The Bertz CT molecular complexity index is 282. The first-order valence-corrected chi connectivity index (χ1v) is 7.10. The monoisotopic (exact) mass is 238 g/mol. The summed E-state index contributed by atoms with van der Waals surface area (Å²) in [4.78, 5) is 14.6. The van der Waals surface area contributed by atoms with E-state index in [9.17, 15) is 4.79 Å². The van der Waals surface area contributed by atoms with Crippen LogP contribution in [0.3, 0.4) is 0 Å². The summed E-state index contributed by atoms with van der Waals surface area (Å²) >= 11 is 0. The summed E-state index contributed by atoms with van der Waals surface area (Å²) in [7, 11) is 0. The maximum Gasteiger partial charge on any atom is 0.240 e. The Morgan fingerprint density at radius 3 is 2.53 bits per heavy atom. The zero-order chi connectivity index (χ0) is 12.5. The molecule has 2 rings (SSSR count). The highest BCUT2D eigenvalue weighted by Gasteiger charge is 2.42. The van der Waals surface area contributed by atoms with Gasteiger partial charge < -0.3 is 10.2 Å². The number of carbonyl (C=O) groups excluding carboxylic acids is 1. The highest BCUT2D eigenvalue weighted by atomic mass is 16.2. The standard InChI is InChI=1S/C14H26N2O/c1-11(2)15-12-7-10-16(13(12)17)14(3)8-5-4-6-9-14/h11-12,15H,4-10H2,1-3H3. The average Bonchev–Trinajstić information content (AvgIpc) is 2.61. The number of amides is 1. The fourth-order valence-corrected chi connectivity index (χ4v) is 3.36. The van der Waals surface area contributed by atoms with Crippen LogP contribution in [0.1, 0.15) is 59.3 Å². The van der Waals surface area contributed by atoms with E-state index in [1.165, 1.54) is 32.1 Å². The Labute approximate surface area is 105 Å². The van der Waals surface area contributed by atoms with Crippen LogP contribution in [0.5, 0.6) is 0 Å². The van der Waals surface area contributed by atoms with Crippen molar-refractivity contribution in [3.05, 3.63) is 0 Å². The van der Waals surface area contributed by atoms with Crippen LogP contribution < -0.4 is 5.32 Å². The van der Waals surface area contributed by atoms with Crippen LogP contribution in [0.2, 0.25) is 0 Å². The molecule has 1 N–H and O–H groups in total. The van der Waals surface area contributed by atoms with Gasteiger partial charge in [0.15, 0.2) is 0 Å². The van der Waals surface area contributed by atoms with Gasteiger partial charge in [0.25, 0.3) is 0 Å². The van der Waals surface area contributed by atoms with Crippen molar-refractivity contribution in [1.29, 1.82) is 0 Å². The fourth-order valence-electron chi connectivity index (χ4n) is 3.36. The molecule has 1 saturated carbocycles. The predicted octanol–water partition coefficient (Wildman–Crippen LogP) is 2.31. The van der Waals surface area contributed by atoms with E-state index in [4.69, 9.17) is 0 Å². The van der Waals surface area contributed by atoms with Gasteiger partial charge in [-0.25, -0.2) is 0 Å². The maximum absolute atomic E-state index is 12.4. The van der Waals surface area contributed by atoms with E-state index < -0.39 is 0 Å². The lowest BCUT2D eigenvalue weighted by molar-refractivity contribution is -0.135. The number of likely N-dealkylation sites (tertiary alicyclic amines) is 1. The molecule has 1 saturated heterocycles. The van der Waals surface area contributed by atoms with Crippen LogP contribution in [0.4, 0.5) is 0 Å². The van der Waals surface area contributed by atoms with E-state index in [1.54, 1.807) is 0 Å². The Kier molecular flexibility index (Phi) is 3.76. The van der Waals surface area contributed by atoms with Crippen LogP contribution in [0, 0.1) is 0 Å². The van der Waals surface area contributed by atoms with Crippen LogP contribution >= 0.6 is 0 Å². The van der Waals surface area contributed by atoms with Crippen molar-refractivity contribution < 1.29 is 4.79 Å². The molecule has 0 aromatic heterocycles. The minimum absolute atomic E-state index is 0.0637. The molecule has 3 heteroatoms. The summed E-state index contributed by atoms with van der Waals surface area (Å²) in [6.07, 6.45) is 7.25. The summed E-state index contributed by atoms with van der Waals surface area (Å²) in [5.41, 5.74) is 0.142. The van der Waals surface area contributed by atoms with Gasteiger partial charge in [0, 0.05) is 18.1 Å². The molecule has 98 valence electrons. The van der Waals surface area contributed by atoms with E-state index in [2.05, 4.69) is 31.0 Å². The lowest BCUT2D eigenvalue weighted by Gasteiger charge is -2.42. The molecule has 17 heavy (non-hydrogen) atoms. The van der Waals surface area contributed by atoms with E-state index in [0.29, 0.717) is 11.9 Å². The molecule has 0 spiro atoms. The molecule has 1 atom stereocenters. The minimum atomic E-state index is 0.0637. The summed E-state index contributed by atoms with van der Waals surface area (Å²) in [5.74, 6) is 0.336. The van der Waals surface area contributed by atoms with Crippen molar-refractivity contribution in [2.45, 2.75) is 76.9 Å². The number of nitrogens with one attached hydrogen (secondary N) is 1. The molecule has 1 unspecified atom stereocenters. The van der Waals surface area contributed by atoms with Gasteiger partial charge in [0.05, 0.1) is 6.04 Å². The van der Waals surface area contributed by atoms with Crippen molar-refractivity contribution in [1.82, 2.24) is 10.2 Å². The zero-order valence-electron chi connectivity index (χ0n) is 11.5. The van der Waals surface area contributed by atoms with Gasteiger partial charge in [0.2, 0.25) is 5.91 Å². The van der Waals surface area contributed by atoms with Crippen molar-refractivity contribution in [3.8, 4) is 0 Å². The molecule has 2 aliphatic rings. The molecule has 0 bridgehead atoms. The van der Waals surface area contributed by atoms with Gasteiger partial charge in [-0.05, 0) is 26.2 Å². The van der Waals surface area contributed by atoms with Gasteiger partial charge >= 0.3 is 0 Å². The largest absolute Gasteiger partial charge is 0.336 e. The number of carbonyl (C=O) groups is 1. The lowest BCUT2D eigenvalue weighted by atomic mass is 9.82. The van der Waals surface area contributed by atoms with Gasteiger partial charge in [-0.2, -0.15) is 0 Å². The first kappa shape index (κ1) is 12.9. The van der Waals surface area contributed by atoms with Crippen molar-refractivity contribution in [2.24, 2.45) is 0 Å². The molecular weight excluding hydrogens is 212 g/mol. The average molecular weight is 238 g/mol. The third-order valence-electron chi connectivity index (χ3n) is 4.32. The molecule has 1 heterocycles. The smallest absolute Gasteiger partial charge is 0.240 e. The minimum Gasteiger partial charge on any atom is -0.336 e. The quantitative estimate of drug-likeness (QED) is 0.818. The third kappa shape index (κ3) is 2.65. The molecule has 1 amide bonds. The molecule has 3 nitrogen and oxygen atoms in total. The van der Waals surface area contributed by atoms with Crippen LogP contribution in [-0.2, 0) is 4.79 Å². The zero-order valence-corrected chi connectivity index (χ0v) is 11.5. The van der Waals surface area contributed by atoms with Gasteiger partial charge in [-0.3, -0.25) is 4.79 Å². The maximum atomic E-state index is 12.4. The van der Waals surface area contributed by atoms with E-state index in [1.807, 2.05) is 0 Å². The topological polar surface area (TPSA) is 32.3 Å². The summed E-state index contributed by atoms with van der Waals surface area (Å²) in [6.45, 7) is 7.44. The molecule has 0 aromatic carbocycles.